The molecule has 0 amide bonds. The molecule has 0 spiro atoms. The van der Waals surface area contributed by atoms with Gasteiger partial charge in [0, 0.05) is 12.1 Å². The minimum atomic E-state index is -2.70. The number of hydrogen-bond acceptors (Lipinski definition) is 4. The number of nitrogens with two attached hydrogens (primary N) is 1. The fourth-order valence-electron chi connectivity index (χ4n) is 1.36. The van der Waals surface area contributed by atoms with Crippen molar-refractivity contribution in [3.8, 4) is 11.9 Å². The van der Waals surface area contributed by atoms with Crippen LogP contribution in [0.1, 0.15) is 23.2 Å². The number of hydrogen-bond donors (Lipinski definition) is 1. The highest BCUT2D eigenvalue weighted by atomic mass is 19.3. The van der Waals surface area contributed by atoms with E-state index in [2.05, 4.69) is 4.98 Å². The number of aromatic nitrogens is 1. The van der Waals surface area contributed by atoms with Crippen LogP contribution < -0.4 is 10.5 Å². The minimum Gasteiger partial charge on any atom is -0.481 e. The molecule has 0 fully saturated rings. The molecule has 86 valence electrons. The highest BCUT2D eigenvalue weighted by Crippen LogP contribution is 2.26. The maximum Gasteiger partial charge on any atom is 0.280 e. The summed E-state index contributed by atoms with van der Waals surface area (Å²) in [6, 6.07) is 3.09. The van der Waals surface area contributed by atoms with Gasteiger partial charge in [0.05, 0.1) is 19.6 Å². The summed E-state index contributed by atoms with van der Waals surface area (Å²) in [5, 5.41) is 8.59. The maximum absolute atomic E-state index is 12.5. The van der Waals surface area contributed by atoms with Gasteiger partial charge in [-0.1, -0.05) is 0 Å². The summed E-state index contributed by atoms with van der Waals surface area (Å²) in [6.45, 7) is 0.0940. The Bertz CT molecular complexity index is 415. The lowest BCUT2D eigenvalue weighted by Crippen LogP contribution is -2.08. The summed E-state index contributed by atoms with van der Waals surface area (Å²) >= 11 is 0. The molecule has 2 N–H and O–H groups in total. The van der Waals surface area contributed by atoms with Crippen LogP contribution in [0.5, 0.6) is 5.88 Å². The Morgan fingerprint density at radius 1 is 1.62 bits per heavy atom. The summed E-state index contributed by atoms with van der Waals surface area (Å²) < 4.78 is 29.9. The molecule has 0 radical (unpaired) electrons. The first-order valence-corrected chi connectivity index (χ1v) is 4.55. The Morgan fingerprint density at radius 3 is 2.75 bits per heavy atom. The molecule has 4 nitrogen and oxygen atoms in total. The van der Waals surface area contributed by atoms with Crippen LogP contribution in [0.3, 0.4) is 0 Å². The monoisotopic (exact) mass is 227 g/mol. The third kappa shape index (κ3) is 2.44. The largest absolute Gasteiger partial charge is 0.481 e. The van der Waals surface area contributed by atoms with Crippen molar-refractivity contribution in [2.45, 2.75) is 19.4 Å². The maximum atomic E-state index is 12.5. The first-order chi connectivity index (χ1) is 7.63. The van der Waals surface area contributed by atoms with E-state index >= 15 is 0 Å². The van der Waals surface area contributed by atoms with Gasteiger partial charge in [-0.25, -0.2) is 13.8 Å². The van der Waals surface area contributed by atoms with Crippen LogP contribution in [0.15, 0.2) is 6.07 Å². The normalized spacial score (nSPS) is 10.2. The van der Waals surface area contributed by atoms with Crippen molar-refractivity contribution < 1.29 is 13.5 Å². The van der Waals surface area contributed by atoms with Gasteiger partial charge in [0.15, 0.2) is 0 Å². The average molecular weight is 227 g/mol. The summed E-state index contributed by atoms with van der Waals surface area (Å²) in [6.07, 6.45) is -2.69. The molecule has 0 unspecified atom stereocenters. The van der Waals surface area contributed by atoms with E-state index in [0.717, 1.165) is 0 Å². The number of halogens is 2. The smallest absolute Gasteiger partial charge is 0.280 e. The summed E-state index contributed by atoms with van der Waals surface area (Å²) in [4.78, 5) is 3.64. The van der Waals surface area contributed by atoms with Crippen LogP contribution in [0, 0.1) is 11.3 Å². The number of ether oxygens (including phenoxy) is 1. The summed E-state index contributed by atoms with van der Waals surface area (Å²) in [5.41, 5.74) is 5.99. The van der Waals surface area contributed by atoms with Crippen LogP contribution in [-0.4, -0.2) is 12.1 Å². The highest BCUT2D eigenvalue weighted by Gasteiger charge is 2.17. The van der Waals surface area contributed by atoms with Crippen molar-refractivity contribution in [1.29, 1.82) is 5.26 Å². The van der Waals surface area contributed by atoms with E-state index in [4.69, 9.17) is 15.7 Å². The number of rotatable bonds is 4. The Hall–Kier alpha value is -1.74. The van der Waals surface area contributed by atoms with Crippen LogP contribution in [0.25, 0.3) is 0 Å². The van der Waals surface area contributed by atoms with Gasteiger partial charge >= 0.3 is 0 Å². The van der Waals surface area contributed by atoms with E-state index in [1.165, 1.54) is 13.2 Å². The fourth-order valence-corrected chi connectivity index (χ4v) is 1.36. The van der Waals surface area contributed by atoms with Crippen LogP contribution >= 0.6 is 0 Å². The molecule has 0 atom stereocenters. The van der Waals surface area contributed by atoms with Crippen molar-refractivity contribution >= 4 is 0 Å². The zero-order valence-electron chi connectivity index (χ0n) is 8.70. The molecule has 0 saturated carbocycles. The quantitative estimate of drug-likeness (QED) is 0.847. The summed E-state index contributed by atoms with van der Waals surface area (Å²) in [5.74, 6) is 0.0607. The predicted molar refractivity (Wildman–Crippen MR) is 53.0 cm³/mol. The molecule has 0 aromatic carbocycles. The van der Waals surface area contributed by atoms with E-state index in [-0.39, 0.29) is 18.8 Å². The van der Waals surface area contributed by atoms with Crippen molar-refractivity contribution in [2.24, 2.45) is 5.73 Å². The first kappa shape index (κ1) is 12.3. The van der Waals surface area contributed by atoms with E-state index in [1.54, 1.807) is 0 Å². The Balaban J connectivity index is 3.32. The molecule has 0 aliphatic heterocycles. The lowest BCUT2D eigenvalue weighted by molar-refractivity contribution is 0.145. The van der Waals surface area contributed by atoms with E-state index in [9.17, 15) is 8.78 Å². The number of nitrogens with zero attached hydrogens (tertiary/aromatic N) is 2. The second-order valence-electron chi connectivity index (χ2n) is 3.03. The third-order valence-corrected chi connectivity index (χ3v) is 2.09. The van der Waals surface area contributed by atoms with Gasteiger partial charge in [-0.2, -0.15) is 5.26 Å². The van der Waals surface area contributed by atoms with Crippen LogP contribution in [0.2, 0.25) is 0 Å². The van der Waals surface area contributed by atoms with Gasteiger partial charge in [-0.3, -0.25) is 0 Å². The van der Waals surface area contributed by atoms with Gasteiger partial charge in [-0.15, -0.1) is 0 Å². The molecule has 1 aromatic rings. The molecule has 0 saturated heterocycles. The van der Waals surface area contributed by atoms with Crippen molar-refractivity contribution in [3.05, 3.63) is 22.9 Å². The van der Waals surface area contributed by atoms with Crippen LogP contribution in [0.4, 0.5) is 8.78 Å². The molecule has 1 rings (SSSR count). The predicted octanol–water partition coefficient (Wildman–Crippen LogP) is 1.55. The molecule has 6 heteroatoms. The zero-order chi connectivity index (χ0) is 12.1. The molecule has 16 heavy (non-hydrogen) atoms. The lowest BCUT2D eigenvalue weighted by Gasteiger charge is -2.11. The number of alkyl halides is 2. The summed E-state index contributed by atoms with van der Waals surface area (Å²) in [7, 11) is 1.33. The van der Waals surface area contributed by atoms with Gasteiger partial charge in [-0.05, 0) is 11.6 Å². The van der Waals surface area contributed by atoms with Gasteiger partial charge in [0.25, 0.3) is 6.43 Å². The molecular formula is C10H11F2N3O. The Morgan fingerprint density at radius 2 is 2.31 bits per heavy atom. The second kappa shape index (κ2) is 5.37. The molecule has 1 aromatic heterocycles. The number of nitriles is 1. The van der Waals surface area contributed by atoms with E-state index in [0.29, 0.717) is 11.1 Å². The number of pyridine rings is 1. The van der Waals surface area contributed by atoms with Gasteiger partial charge < -0.3 is 10.5 Å². The SMILES string of the molecule is COc1nc(C(F)F)cc(CC#N)c1CN. The fraction of sp³-hybridized carbons (Fsp3) is 0.400. The molecular weight excluding hydrogens is 216 g/mol. The third-order valence-electron chi connectivity index (χ3n) is 2.09. The van der Waals surface area contributed by atoms with E-state index < -0.39 is 12.1 Å². The van der Waals surface area contributed by atoms with Gasteiger partial charge in [0.1, 0.15) is 5.69 Å². The van der Waals surface area contributed by atoms with Crippen molar-refractivity contribution in [3.63, 3.8) is 0 Å². The standard InChI is InChI=1S/C10H11F2N3O/c1-16-10-7(5-14)6(2-3-13)4-8(15-10)9(11)12/h4,9H,2,5,14H2,1H3. The molecule has 0 bridgehead atoms. The Kier molecular flexibility index (Phi) is 4.14. The van der Waals surface area contributed by atoms with Crippen molar-refractivity contribution in [1.82, 2.24) is 4.98 Å². The first-order valence-electron chi connectivity index (χ1n) is 4.55. The Labute approximate surface area is 91.7 Å². The molecule has 0 aliphatic rings. The number of methoxy groups -OCH3 is 1. The second-order valence-corrected chi connectivity index (χ2v) is 3.03. The van der Waals surface area contributed by atoms with Gasteiger partial charge in [0.2, 0.25) is 5.88 Å². The topological polar surface area (TPSA) is 71.9 Å². The lowest BCUT2D eigenvalue weighted by atomic mass is 10.1. The minimum absolute atomic E-state index is 0.00509. The molecule has 0 aliphatic carbocycles. The highest BCUT2D eigenvalue weighted by molar-refractivity contribution is 5.38. The van der Waals surface area contributed by atoms with Crippen molar-refractivity contribution in [2.75, 3.05) is 7.11 Å². The average Bonchev–Trinajstić information content (AvgIpc) is 2.28. The van der Waals surface area contributed by atoms with E-state index in [1.807, 2.05) is 6.07 Å². The molecule has 1 heterocycles. The van der Waals surface area contributed by atoms with Crippen LogP contribution in [-0.2, 0) is 13.0 Å². The zero-order valence-corrected chi connectivity index (χ0v) is 8.70.